The highest BCUT2D eigenvalue weighted by atomic mass is 127. The molecule has 3 aromatic rings. The summed E-state index contributed by atoms with van der Waals surface area (Å²) in [4.78, 5) is 4.69. The zero-order chi connectivity index (χ0) is 21.2. The van der Waals surface area contributed by atoms with E-state index in [1.165, 1.54) is 5.56 Å². The number of aromatic nitrogens is 3. The Hall–Kier alpha value is -2.62. The maximum atomic E-state index is 5.23. The smallest absolute Gasteiger partial charge is 0.191 e. The molecule has 0 fully saturated rings. The molecule has 166 valence electrons. The third-order valence-corrected chi connectivity index (χ3v) is 4.93. The minimum atomic E-state index is 0. The molecule has 3 rings (SSSR count). The summed E-state index contributed by atoms with van der Waals surface area (Å²) in [6.45, 7) is 6.35. The van der Waals surface area contributed by atoms with Crippen LogP contribution in [0.3, 0.4) is 0 Å². The van der Waals surface area contributed by atoms with E-state index in [9.17, 15) is 0 Å². The zero-order valence-electron chi connectivity index (χ0n) is 18.3. The number of rotatable bonds is 9. The quantitative estimate of drug-likeness (QED) is 0.245. The summed E-state index contributed by atoms with van der Waals surface area (Å²) in [5, 5.41) is 15.0. The van der Waals surface area contributed by atoms with Crippen LogP contribution in [-0.2, 0) is 6.54 Å². The first-order chi connectivity index (χ1) is 14.7. The van der Waals surface area contributed by atoms with Crippen LogP contribution >= 0.6 is 24.0 Å². The van der Waals surface area contributed by atoms with Crippen LogP contribution in [0.15, 0.2) is 65.9 Å². The van der Waals surface area contributed by atoms with Crippen molar-refractivity contribution in [3.8, 4) is 11.4 Å². The normalized spacial score (nSPS) is 12.0. The van der Waals surface area contributed by atoms with Gasteiger partial charge in [0.1, 0.15) is 18.6 Å². The van der Waals surface area contributed by atoms with Crippen molar-refractivity contribution in [3.63, 3.8) is 0 Å². The predicted molar refractivity (Wildman–Crippen MR) is 136 cm³/mol. The molecule has 0 bridgehead atoms. The fourth-order valence-electron chi connectivity index (χ4n) is 3.17. The molecule has 7 nitrogen and oxygen atoms in total. The number of hydrogen-bond acceptors (Lipinski definition) is 4. The van der Waals surface area contributed by atoms with Crippen molar-refractivity contribution in [1.29, 1.82) is 0 Å². The van der Waals surface area contributed by atoms with Crippen LogP contribution in [0.5, 0.6) is 5.75 Å². The molecule has 0 aliphatic carbocycles. The van der Waals surface area contributed by atoms with E-state index < -0.39 is 0 Å². The lowest BCUT2D eigenvalue weighted by Gasteiger charge is -2.15. The number of nitrogens with one attached hydrogen (secondary N) is 2. The van der Waals surface area contributed by atoms with E-state index in [0.717, 1.165) is 42.7 Å². The molecule has 2 aromatic carbocycles. The molecule has 0 saturated carbocycles. The topological polar surface area (TPSA) is 76.4 Å². The van der Waals surface area contributed by atoms with Crippen molar-refractivity contribution in [2.45, 2.75) is 32.7 Å². The minimum Gasteiger partial charge on any atom is -0.497 e. The molecule has 0 aliphatic rings. The first kappa shape index (κ1) is 24.6. The number of aliphatic imine (C=N–C) groups is 1. The monoisotopic (exact) mass is 534 g/mol. The van der Waals surface area contributed by atoms with Gasteiger partial charge < -0.3 is 15.4 Å². The summed E-state index contributed by atoms with van der Waals surface area (Å²) in [6, 6.07) is 18.3. The Bertz CT molecular complexity index is 927. The van der Waals surface area contributed by atoms with Gasteiger partial charge in [-0.25, -0.2) is 4.99 Å². The molecule has 2 N–H and O–H groups in total. The lowest BCUT2D eigenvalue weighted by Crippen LogP contribution is -2.38. The third-order valence-electron chi connectivity index (χ3n) is 4.93. The Balaban J connectivity index is 0.00000341. The Labute approximate surface area is 201 Å². The Morgan fingerprint density at radius 3 is 2.52 bits per heavy atom. The molecule has 31 heavy (non-hydrogen) atoms. The molecule has 0 saturated heterocycles. The van der Waals surface area contributed by atoms with E-state index in [-0.39, 0.29) is 24.0 Å². The van der Waals surface area contributed by atoms with E-state index >= 15 is 0 Å². The molecule has 0 aliphatic heterocycles. The molecule has 1 heterocycles. The summed E-state index contributed by atoms with van der Waals surface area (Å²) in [6.07, 6.45) is 2.72. The number of benzene rings is 2. The van der Waals surface area contributed by atoms with Crippen LogP contribution in [0.2, 0.25) is 0 Å². The summed E-state index contributed by atoms with van der Waals surface area (Å²) in [5.74, 6) is 2.90. The van der Waals surface area contributed by atoms with Crippen LogP contribution in [-0.4, -0.2) is 40.9 Å². The first-order valence-corrected chi connectivity index (χ1v) is 10.3. The number of hydrogen-bond donors (Lipinski definition) is 2. The summed E-state index contributed by atoms with van der Waals surface area (Å²) >= 11 is 0. The molecular formula is C23H31IN6O. The summed E-state index contributed by atoms with van der Waals surface area (Å²) in [5.41, 5.74) is 2.33. The Morgan fingerprint density at radius 1 is 1.10 bits per heavy atom. The highest BCUT2D eigenvalue weighted by molar-refractivity contribution is 14.0. The van der Waals surface area contributed by atoms with Crippen LogP contribution in [0.25, 0.3) is 5.69 Å². The van der Waals surface area contributed by atoms with Gasteiger partial charge in [0.25, 0.3) is 0 Å². The SMILES string of the molecule is CCNC(=NCc1nncn1-c1ccccc1)NCCC(C)c1ccc(OC)cc1.I. The second-order valence-corrected chi connectivity index (χ2v) is 7.04. The number of halogens is 1. The number of methoxy groups -OCH3 is 1. The first-order valence-electron chi connectivity index (χ1n) is 10.3. The van der Waals surface area contributed by atoms with Gasteiger partial charge in [0.15, 0.2) is 11.8 Å². The van der Waals surface area contributed by atoms with Gasteiger partial charge in [-0.3, -0.25) is 4.57 Å². The maximum absolute atomic E-state index is 5.23. The van der Waals surface area contributed by atoms with Crippen LogP contribution < -0.4 is 15.4 Å². The van der Waals surface area contributed by atoms with Gasteiger partial charge in [-0.15, -0.1) is 34.2 Å². The highest BCUT2D eigenvalue weighted by Gasteiger charge is 2.08. The van der Waals surface area contributed by atoms with Crippen LogP contribution in [0.1, 0.15) is 37.6 Å². The molecular weight excluding hydrogens is 503 g/mol. The van der Waals surface area contributed by atoms with E-state index in [1.54, 1.807) is 13.4 Å². The van der Waals surface area contributed by atoms with Gasteiger partial charge in [-0.1, -0.05) is 37.3 Å². The van der Waals surface area contributed by atoms with Crippen molar-refractivity contribution in [1.82, 2.24) is 25.4 Å². The van der Waals surface area contributed by atoms with Crippen molar-refractivity contribution in [3.05, 3.63) is 72.3 Å². The summed E-state index contributed by atoms with van der Waals surface area (Å²) < 4.78 is 7.19. The van der Waals surface area contributed by atoms with Gasteiger partial charge in [0, 0.05) is 18.8 Å². The number of ether oxygens (including phenoxy) is 1. The van der Waals surface area contributed by atoms with Gasteiger partial charge in [-0.05, 0) is 49.1 Å². The Morgan fingerprint density at radius 2 is 1.84 bits per heavy atom. The minimum absolute atomic E-state index is 0. The summed E-state index contributed by atoms with van der Waals surface area (Å²) in [7, 11) is 1.69. The average molecular weight is 534 g/mol. The van der Waals surface area contributed by atoms with Crippen molar-refractivity contribution < 1.29 is 4.74 Å². The van der Waals surface area contributed by atoms with Crippen LogP contribution in [0, 0.1) is 0 Å². The Kier molecular flexibility index (Phi) is 10.3. The lowest BCUT2D eigenvalue weighted by atomic mass is 9.98. The maximum Gasteiger partial charge on any atom is 0.191 e. The number of guanidine groups is 1. The highest BCUT2D eigenvalue weighted by Crippen LogP contribution is 2.21. The number of para-hydroxylation sites is 1. The van der Waals surface area contributed by atoms with Gasteiger partial charge in [-0.2, -0.15) is 0 Å². The molecule has 1 unspecified atom stereocenters. The molecule has 0 amide bonds. The average Bonchev–Trinajstić information content (AvgIpc) is 3.26. The molecule has 1 aromatic heterocycles. The van der Waals surface area contributed by atoms with Gasteiger partial charge >= 0.3 is 0 Å². The van der Waals surface area contributed by atoms with E-state index in [4.69, 9.17) is 4.74 Å². The fraction of sp³-hybridized carbons (Fsp3) is 0.348. The second-order valence-electron chi connectivity index (χ2n) is 7.04. The third kappa shape index (κ3) is 7.23. The largest absolute Gasteiger partial charge is 0.497 e. The molecule has 8 heteroatoms. The van der Waals surface area contributed by atoms with Gasteiger partial charge in [0.05, 0.1) is 7.11 Å². The van der Waals surface area contributed by atoms with Crippen molar-refractivity contribution in [2.24, 2.45) is 4.99 Å². The van der Waals surface area contributed by atoms with Crippen LogP contribution in [0.4, 0.5) is 0 Å². The van der Waals surface area contributed by atoms with E-state index in [0.29, 0.717) is 12.5 Å². The van der Waals surface area contributed by atoms with E-state index in [1.807, 2.05) is 47.0 Å². The number of nitrogens with zero attached hydrogens (tertiary/aromatic N) is 4. The standard InChI is InChI=1S/C23H30N6O.HI/c1-4-24-23(25-15-14-18(2)19-10-12-21(30-3)13-11-19)26-16-22-28-27-17-29(22)20-8-6-5-7-9-20;/h5-13,17-18H,4,14-16H2,1-3H3,(H2,24,25,26);1H. The molecule has 1 atom stereocenters. The fourth-order valence-corrected chi connectivity index (χ4v) is 3.17. The van der Waals surface area contributed by atoms with Crippen molar-refractivity contribution in [2.75, 3.05) is 20.2 Å². The zero-order valence-corrected chi connectivity index (χ0v) is 20.6. The second kappa shape index (κ2) is 12.9. The molecule has 0 spiro atoms. The predicted octanol–water partition coefficient (Wildman–Crippen LogP) is 4.14. The van der Waals surface area contributed by atoms with E-state index in [2.05, 4.69) is 51.8 Å². The van der Waals surface area contributed by atoms with Gasteiger partial charge in [0.2, 0.25) is 0 Å². The van der Waals surface area contributed by atoms with Crippen molar-refractivity contribution >= 4 is 29.9 Å². The lowest BCUT2D eigenvalue weighted by molar-refractivity contribution is 0.414. The molecule has 0 radical (unpaired) electrons.